The van der Waals surface area contributed by atoms with Crippen molar-refractivity contribution in [2.45, 2.75) is 25.7 Å². The summed E-state index contributed by atoms with van der Waals surface area (Å²) < 4.78 is 14.1. The maximum Gasteiger partial charge on any atom is 0.220 e. The maximum absolute atomic E-state index is 14.1. The lowest BCUT2D eigenvalue weighted by molar-refractivity contribution is 0.0981. The Balaban J connectivity index is 1.80. The molecule has 2 aromatic heterocycles. The van der Waals surface area contributed by atoms with Crippen LogP contribution in [0.4, 0.5) is 10.3 Å². The lowest BCUT2D eigenvalue weighted by Crippen LogP contribution is -2.24. The standard InChI is InChI=1S/C22H22FN5O2/c1-13-21-19(27-22(24)26-13)9-15(10-20(21)28-30-8-7-29)17-5-4-16(23)11-18(17)14-3-2-6-25-12-14/h2-6,11-12,15,29H,7-10H2,1H3,(H2,24,26,27)/t15-/m1/s1. The Morgan fingerprint density at radius 2 is 2.13 bits per heavy atom. The minimum atomic E-state index is -0.309. The van der Waals surface area contributed by atoms with Crippen molar-refractivity contribution in [3.63, 3.8) is 0 Å². The number of nitrogens with zero attached hydrogens (tertiary/aromatic N) is 4. The molecule has 0 saturated heterocycles. The van der Waals surface area contributed by atoms with Gasteiger partial charge in [0.15, 0.2) is 0 Å². The van der Waals surface area contributed by atoms with E-state index in [1.807, 2.05) is 19.1 Å². The molecule has 7 nitrogen and oxygen atoms in total. The summed E-state index contributed by atoms with van der Waals surface area (Å²) in [4.78, 5) is 18.1. The van der Waals surface area contributed by atoms with Crippen LogP contribution >= 0.6 is 0 Å². The number of anilines is 1. The van der Waals surface area contributed by atoms with Gasteiger partial charge in [-0.2, -0.15) is 0 Å². The number of nitrogen functional groups attached to an aromatic ring is 1. The van der Waals surface area contributed by atoms with Crippen molar-refractivity contribution in [2.24, 2.45) is 5.16 Å². The normalized spacial score (nSPS) is 17.0. The third kappa shape index (κ3) is 3.99. The number of rotatable bonds is 5. The molecular weight excluding hydrogens is 385 g/mol. The number of aromatic nitrogens is 3. The van der Waals surface area contributed by atoms with Crippen LogP contribution in [0.5, 0.6) is 0 Å². The highest BCUT2D eigenvalue weighted by atomic mass is 19.1. The molecule has 1 aromatic carbocycles. The molecule has 4 rings (SSSR count). The molecule has 1 aliphatic rings. The van der Waals surface area contributed by atoms with E-state index in [1.54, 1.807) is 18.5 Å². The van der Waals surface area contributed by atoms with Crippen molar-refractivity contribution in [1.29, 1.82) is 0 Å². The Bertz CT molecular complexity index is 1090. The third-order valence-corrected chi connectivity index (χ3v) is 5.14. The van der Waals surface area contributed by atoms with Crippen LogP contribution in [0, 0.1) is 12.7 Å². The van der Waals surface area contributed by atoms with Gasteiger partial charge in [-0.3, -0.25) is 4.98 Å². The van der Waals surface area contributed by atoms with Crippen LogP contribution in [-0.2, 0) is 11.3 Å². The van der Waals surface area contributed by atoms with E-state index in [9.17, 15) is 4.39 Å². The number of oxime groups is 1. The number of hydrogen-bond acceptors (Lipinski definition) is 7. The lowest BCUT2D eigenvalue weighted by Gasteiger charge is -2.28. The van der Waals surface area contributed by atoms with Crippen LogP contribution in [-0.4, -0.2) is 39.0 Å². The molecule has 0 spiro atoms. The van der Waals surface area contributed by atoms with E-state index in [1.165, 1.54) is 12.1 Å². The summed E-state index contributed by atoms with van der Waals surface area (Å²) in [7, 11) is 0. The highest BCUT2D eigenvalue weighted by Crippen LogP contribution is 2.38. The number of nitrogens with two attached hydrogens (primary N) is 1. The van der Waals surface area contributed by atoms with E-state index >= 15 is 0 Å². The van der Waals surface area contributed by atoms with Gasteiger partial charge in [-0.05, 0) is 48.6 Å². The Morgan fingerprint density at radius 3 is 2.90 bits per heavy atom. The van der Waals surface area contributed by atoms with Crippen molar-refractivity contribution in [2.75, 3.05) is 18.9 Å². The monoisotopic (exact) mass is 407 g/mol. The van der Waals surface area contributed by atoms with Crippen molar-refractivity contribution >= 4 is 11.7 Å². The average Bonchev–Trinajstić information content (AvgIpc) is 2.73. The second-order valence-corrected chi connectivity index (χ2v) is 7.16. The Kier molecular flexibility index (Phi) is 5.67. The summed E-state index contributed by atoms with van der Waals surface area (Å²) in [5.41, 5.74) is 11.5. The minimum absolute atomic E-state index is 0.0153. The van der Waals surface area contributed by atoms with Gasteiger partial charge in [-0.25, -0.2) is 14.4 Å². The van der Waals surface area contributed by atoms with Crippen molar-refractivity contribution < 1.29 is 14.3 Å². The molecule has 8 heteroatoms. The molecular formula is C22H22FN5O2. The second-order valence-electron chi connectivity index (χ2n) is 7.16. The summed E-state index contributed by atoms with van der Waals surface area (Å²) in [6, 6.07) is 8.53. The fourth-order valence-electron chi connectivity index (χ4n) is 3.94. The van der Waals surface area contributed by atoms with Crippen LogP contribution in [0.25, 0.3) is 11.1 Å². The predicted molar refractivity (Wildman–Crippen MR) is 111 cm³/mol. The number of halogens is 1. The summed E-state index contributed by atoms with van der Waals surface area (Å²) in [5, 5.41) is 13.3. The van der Waals surface area contributed by atoms with E-state index in [-0.39, 0.29) is 30.9 Å². The van der Waals surface area contributed by atoms with E-state index in [4.69, 9.17) is 15.7 Å². The van der Waals surface area contributed by atoms with Gasteiger partial charge in [0.2, 0.25) is 5.95 Å². The third-order valence-electron chi connectivity index (χ3n) is 5.14. The van der Waals surface area contributed by atoms with Crippen molar-refractivity contribution in [3.05, 3.63) is 71.1 Å². The van der Waals surface area contributed by atoms with Gasteiger partial charge in [0.25, 0.3) is 0 Å². The Morgan fingerprint density at radius 1 is 1.27 bits per heavy atom. The van der Waals surface area contributed by atoms with Crippen LogP contribution in [0.15, 0.2) is 47.9 Å². The van der Waals surface area contributed by atoms with Gasteiger partial charge in [0, 0.05) is 29.9 Å². The molecule has 3 N–H and O–H groups in total. The largest absolute Gasteiger partial charge is 0.393 e. The zero-order valence-electron chi connectivity index (χ0n) is 16.5. The first-order chi connectivity index (χ1) is 14.6. The number of hydrogen-bond donors (Lipinski definition) is 2. The van der Waals surface area contributed by atoms with Gasteiger partial charge in [0.1, 0.15) is 12.4 Å². The summed E-state index contributed by atoms with van der Waals surface area (Å²) in [6.45, 7) is 1.82. The first kappa shape index (κ1) is 19.9. The minimum Gasteiger partial charge on any atom is -0.393 e. The zero-order chi connectivity index (χ0) is 21.1. The number of aliphatic hydroxyl groups is 1. The van der Waals surface area contributed by atoms with Gasteiger partial charge in [-0.1, -0.05) is 17.3 Å². The number of benzene rings is 1. The van der Waals surface area contributed by atoms with E-state index < -0.39 is 0 Å². The van der Waals surface area contributed by atoms with Gasteiger partial charge in [0.05, 0.1) is 23.7 Å². The number of fused-ring (bicyclic) bond motifs is 1. The number of aliphatic hydroxyl groups excluding tert-OH is 1. The molecule has 1 atom stereocenters. The molecule has 2 heterocycles. The van der Waals surface area contributed by atoms with Crippen molar-refractivity contribution in [3.8, 4) is 11.1 Å². The quantitative estimate of drug-likeness (QED) is 0.497. The molecule has 0 radical (unpaired) electrons. The number of aryl methyl sites for hydroxylation is 1. The molecule has 0 bridgehead atoms. The van der Waals surface area contributed by atoms with Crippen LogP contribution in [0.1, 0.15) is 34.9 Å². The van der Waals surface area contributed by atoms with E-state index in [0.29, 0.717) is 18.6 Å². The Hall–Kier alpha value is -3.39. The highest BCUT2D eigenvalue weighted by molar-refractivity contribution is 6.03. The average molecular weight is 407 g/mol. The molecule has 0 unspecified atom stereocenters. The highest BCUT2D eigenvalue weighted by Gasteiger charge is 2.30. The maximum atomic E-state index is 14.1. The molecule has 0 aliphatic heterocycles. The lowest BCUT2D eigenvalue weighted by atomic mass is 9.78. The van der Waals surface area contributed by atoms with Gasteiger partial charge in [-0.15, -0.1) is 0 Å². The van der Waals surface area contributed by atoms with Crippen LogP contribution in [0.3, 0.4) is 0 Å². The van der Waals surface area contributed by atoms with E-state index in [0.717, 1.165) is 33.6 Å². The molecule has 0 fully saturated rings. The second kappa shape index (κ2) is 8.54. The smallest absolute Gasteiger partial charge is 0.220 e. The molecule has 154 valence electrons. The van der Waals surface area contributed by atoms with Crippen LogP contribution < -0.4 is 5.73 Å². The molecule has 30 heavy (non-hydrogen) atoms. The van der Waals surface area contributed by atoms with E-state index in [2.05, 4.69) is 20.1 Å². The number of pyridine rings is 1. The molecule has 3 aromatic rings. The topological polar surface area (TPSA) is 107 Å². The summed E-state index contributed by atoms with van der Waals surface area (Å²) in [6.07, 6.45) is 4.58. The molecule has 0 amide bonds. The van der Waals surface area contributed by atoms with Crippen molar-refractivity contribution in [1.82, 2.24) is 15.0 Å². The first-order valence-electron chi connectivity index (χ1n) is 9.69. The predicted octanol–water partition coefficient (Wildman–Crippen LogP) is 3.01. The fraction of sp³-hybridized carbons (Fsp3) is 0.273. The summed E-state index contributed by atoms with van der Waals surface area (Å²) >= 11 is 0. The SMILES string of the molecule is Cc1nc(N)nc2c1C(=NOCCO)C[C@H](c1ccc(F)cc1-c1cccnc1)C2. The Labute approximate surface area is 173 Å². The van der Waals surface area contributed by atoms with Crippen LogP contribution in [0.2, 0.25) is 0 Å². The first-order valence-corrected chi connectivity index (χ1v) is 9.69. The van der Waals surface area contributed by atoms with Gasteiger partial charge < -0.3 is 15.7 Å². The summed E-state index contributed by atoms with van der Waals surface area (Å²) in [5.74, 6) is -0.121. The zero-order valence-corrected chi connectivity index (χ0v) is 16.5. The molecule has 0 saturated carbocycles. The van der Waals surface area contributed by atoms with Gasteiger partial charge >= 0.3 is 0 Å². The molecule has 1 aliphatic carbocycles. The fourth-order valence-corrected chi connectivity index (χ4v) is 3.94.